The van der Waals surface area contributed by atoms with Crippen molar-refractivity contribution in [3.63, 3.8) is 0 Å². The monoisotopic (exact) mass is 399 g/mol. The van der Waals surface area contributed by atoms with Crippen molar-refractivity contribution in [3.8, 4) is 11.5 Å². The first-order chi connectivity index (χ1) is 13.5. The van der Waals surface area contributed by atoms with E-state index in [-0.39, 0.29) is 5.41 Å². The van der Waals surface area contributed by atoms with Crippen LogP contribution < -0.4 is 14.8 Å². The number of ether oxygens (including phenoxy) is 2. The molecule has 29 heavy (non-hydrogen) atoms. The molecule has 0 saturated carbocycles. The third kappa shape index (κ3) is 5.97. The maximum Gasteiger partial charge on any atom is 0.320 e. The Kier molecular flexibility index (Phi) is 7.31. The van der Waals surface area contributed by atoms with Gasteiger partial charge in [0, 0.05) is 6.54 Å². The van der Waals surface area contributed by atoms with E-state index in [1.807, 2.05) is 18.2 Å². The van der Waals surface area contributed by atoms with Gasteiger partial charge in [-0.05, 0) is 66.1 Å². The smallest absolute Gasteiger partial charge is 0.320 e. The maximum absolute atomic E-state index is 10.9. The molecule has 0 spiro atoms. The quantitative estimate of drug-likeness (QED) is 0.670. The molecule has 2 rings (SSSR count). The number of aryl methyl sites for hydroxylation is 2. The lowest BCUT2D eigenvalue weighted by molar-refractivity contribution is -0.139. The molecular weight excluding hydrogens is 366 g/mol. The molecule has 0 bridgehead atoms. The number of rotatable bonds is 8. The van der Waals surface area contributed by atoms with Crippen LogP contribution in [0.4, 0.5) is 0 Å². The number of carbonyl (C=O) groups is 1. The third-order valence-corrected chi connectivity index (χ3v) is 5.14. The molecule has 5 nitrogen and oxygen atoms in total. The Hall–Kier alpha value is -2.53. The maximum atomic E-state index is 10.9. The fraction of sp³-hybridized carbons (Fsp3) is 0.458. The summed E-state index contributed by atoms with van der Waals surface area (Å²) in [5, 5.41) is 11.9. The number of hydrogen-bond acceptors (Lipinski definition) is 4. The van der Waals surface area contributed by atoms with Crippen molar-refractivity contribution in [3.05, 3.63) is 58.1 Å². The highest BCUT2D eigenvalue weighted by Gasteiger charge is 2.17. The van der Waals surface area contributed by atoms with Crippen LogP contribution >= 0.6 is 0 Å². The van der Waals surface area contributed by atoms with Gasteiger partial charge in [-0.3, -0.25) is 4.79 Å². The van der Waals surface area contributed by atoms with E-state index in [2.05, 4.69) is 52.1 Å². The molecular formula is C24H33NO4. The summed E-state index contributed by atoms with van der Waals surface area (Å²) in [7, 11) is 1.61. The molecule has 2 N–H and O–H groups in total. The predicted octanol–water partition coefficient (Wildman–Crippen LogP) is 4.75. The lowest BCUT2D eigenvalue weighted by Gasteiger charge is -2.22. The number of carboxylic acid groups (broad SMARTS) is 1. The molecule has 0 heterocycles. The van der Waals surface area contributed by atoms with Crippen molar-refractivity contribution in [1.29, 1.82) is 0 Å². The van der Waals surface area contributed by atoms with Gasteiger partial charge in [-0.15, -0.1) is 0 Å². The SMILES string of the molecule is COc1cc(CNC(C)C(=O)O)ccc1OCc1c(C)cc(C(C)(C)C)cc1C. The summed E-state index contributed by atoms with van der Waals surface area (Å²) in [5.74, 6) is 0.426. The zero-order valence-corrected chi connectivity index (χ0v) is 18.6. The lowest BCUT2D eigenvalue weighted by Crippen LogP contribution is -2.33. The molecule has 1 unspecified atom stereocenters. The fourth-order valence-corrected chi connectivity index (χ4v) is 3.10. The first-order valence-electron chi connectivity index (χ1n) is 9.89. The largest absolute Gasteiger partial charge is 0.493 e. The highest BCUT2D eigenvalue weighted by atomic mass is 16.5. The van der Waals surface area contributed by atoms with Gasteiger partial charge in [-0.1, -0.05) is 39.0 Å². The highest BCUT2D eigenvalue weighted by molar-refractivity contribution is 5.72. The average molecular weight is 400 g/mol. The summed E-state index contributed by atoms with van der Waals surface area (Å²) in [6.45, 7) is 13.4. The minimum absolute atomic E-state index is 0.111. The first kappa shape index (κ1) is 22.8. The topological polar surface area (TPSA) is 67.8 Å². The van der Waals surface area contributed by atoms with Crippen LogP contribution in [-0.4, -0.2) is 24.2 Å². The molecule has 0 saturated heterocycles. The Morgan fingerprint density at radius 3 is 2.24 bits per heavy atom. The standard InChI is InChI=1S/C24H33NO4/c1-15-10-19(24(4,5)6)11-16(2)20(15)14-29-21-9-8-18(12-22(21)28-7)13-25-17(3)23(26)27/h8-12,17,25H,13-14H2,1-7H3,(H,26,27). The van der Waals surface area contributed by atoms with Crippen LogP contribution in [-0.2, 0) is 23.4 Å². The third-order valence-electron chi connectivity index (χ3n) is 5.14. The van der Waals surface area contributed by atoms with E-state index in [0.29, 0.717) is 24.7 Å². The number of benzene rings is 2. The number of carboxylic acids is 1. The van der Waals surface area contributed by atoms with E-state index in [0.717, 1.165) is 5.56 Å². The molecule has 0 aliphatic heterocycles. The van der Waals surface area contributed by atoms with E-state index in [1.54, 1.807) is 14.0 Å². The van der Waals surface area contributed by atoms with Crippen molar-refractivity contribution in [2.24, 2.45) is 0 Å². The Morgan fingerprint density at radius 2 is 1.72 bits per heavy atom. The van der Waals surface area contributed by atoms with Gasteiger partial charge in [0.05, 0.1) is 7.11 Å². The fourth-order valence-electron chi connectivity index (χ4n) is 3.10. The van der Waals surface area contributed by atoms with Crippen LogP contribution in [0.15, 0.2) is 30.3 Å². The molecule has 0 aromatic heterocycles. The van der Waals surface area contributed by atoms with Gasteiger partial charge < -0.3 is 19.9 Å². The molecule has 1 atom stereocenters. The number of hydrogen-bond donors (Lipinski definition) is 2. The predicted molar refractivity (Wildman–Crippen MR) is 116 cm³/mol. The van der Waals surface area contributed by atoms with Crippen molar-refractivity contribution < 1.29 is 19.4 Å². The van der Waals surface area contributed by atoms with Gasteiger partial charge in [-0.25, -0.2) is 0 Å². The van der Waals surface area contributed by atoms with E-state index >= 15 is 0 Å². The summed E-state index contributed by atoms with van der Waals surface area (Å²) in [4.78, 5) is 10.9. The van der Waals surface area contributed by atoms with Crippen molar-refractivity contribution in [2.45, 2.75) is 66.2 Å². The van der Waals surface area contributed by atoms with Gasteiger partial charge >= 0.3 is 5.97 Å². The van der Waals surface area contributed by atoms with Crippen LogP contribution in [0.3, 0.4) is 0 Å². The molecule has 0 radical (unpaired) electrons. The van der Waals surface area contributed by atoms with E-state index in [9.17, 15) is 4.79 Å². The van der Waals surface area contributed by atoms with Gasteiger partial charge in [0.25, 0.3) is 0 Å². The Balaban J connectivity index is 2.13. The summed E-state index contributed by atoms with van der Waals surface area (Å²) in [6, 6.07) is 9.53. The van der Waals surface area contributed by atoms with Gasteiger partial charge in [0.15, 0.2) is 11.5 Å². The van der Waals surface area contributed by atoms with Crippen molar-refractivity contribution in [1.82, 2.24) is 5.32 Å². The van der Waals surface area contributed by atoms with Crippen LogP contribution in [0.2, 0.25) is 0 Å². The van der Waals surface area contributed by atoms with E-state index in [4.69, 9.17) is 14.6 Å². The molecule has 0 aliphatic carbocycles. The molecule has 158 valence electrons. The molecule has 0 fully saturated rings. The van der Waals surface area contributed by atoms with Gasteiger partial charge in [-0.2, -0.15) is 0 Å². The van der Waals surface area contributed by atoms with Gasteiger partial charge in [0.1, 0.15) is 12.6 Å². The van der Waals surface area contributed by atoms with Gasteiger partial charge in [0.2, 0.25) is 0 Å². The Labute approximate surface area is 174 Å². The molecule has 2 aromatic rings. The molecule has 0 amide bonds. The average Bonchev–Trinajstić information content (AvgIpc) is 2.64. The number of aliphatic carboxylic acids is 1. The van der Waals surface area contributed by atoms with E-state index in [1.165, 1.54) is 22.3 Å². The van der Waals surface area contributed by atoms with Crippen LogP contribution in [0, 0.1) is 13.8 Å². The second-order valence-corrected chi connectivity index (χ2v) is 8.55. The highest BCUT2D eigenvalue weighted by Crippen LogP contribution is 2.31. The Morgan fingerprint density at radius 1 is 1.10 bits per heavy atom. The normalized spacial score (nSPS) is 12.5. The minimum atomic E-state index is -0.875. The minimum Gasteiger partial charge on any atom is -0.493 e. The van der Waals surface area contributed by atoms with Crippen LogP contribution in [0.25, 0.3) is 0 Å². The zero-order valence-electron chi connectivity index (χ0n) is 18.6. The number of methoxy groups -OCH3 is 1. The number of nitrogens with one attached hydrogen (secondary N) is 1. The second kappa shape index (κ2) is 9.31. The first-order valence-corrected chi connectivity index (χ1v) is 9.89. The summed E-state index contributed by atoms with van der Waals surface area (Å²) in [6.07, 6.45) is 0. The summed E-state index contributed by atoms with van der Waals surface area (Å²) in [5.41, 5.74) is 5.99. The van der Waals surface area contributed by atoms with Crippen LogP contribution in [0.1, 0.15) is 55.5 Å². The lowest BCUT2D eigenvalue weighted by atomic mass is 9.84. The second-order valence-electron chi connectivity index (χ2n) is 8.55. The molecule has 2 aromatic carbocycles. The van der Waals surface area contributed by atoms with Crippen LogP contribution in [0.5, 0.6) is 11.5 Å². The molecule has 0 aliphatic rings. The van der Waals surface area contributed by atoms with Crippen molar-refractivity contribution in [2.75, 3.05) is 7.11 Å². The van der Waals surface area contributed by atoms with Crippen molar-refractivity contribution >= 4 is 5.97 Å². The summed E-state index contributed by atoms with van der Waals surface area (Å²) < 4.78 is 11.6. The zero-order chi connectivity index (χ0) is 21.8. The van der Waals surface area contributed by atoms with E-state index < -0.39 is 12.0 Å². The molecule has 5 heteroatoms. The Bertz CT molecular complexity index is 845. The summed E-state index contributed by atoms with van der Waals surface area (Å²) >= 11 is 0.